The number of aromatic nitrogens is 2. The van der Waals surface area contributed by atoms with Crippen LogP contribution in [0, 0.1) is 0 Å². The van der Waals surface area contributed by atoms with Crippen LogP contribution in [-0.2, 0) is 19.5 Å². The number of nitrogens with one attached hydrogen (secondary N) is 1. The van der Waals surface area contributed by atoms with Crippen LogP contribution in [-0.4, -0.2) is 21.4 Å². The molecule has 0 atom stereocenters. The Labute approximate surface area is 157 Å². The molecule has 0 bridgehead atoms. The van der Waals surface area contributed by atoms with Crippen LogP contribution in [0.3, 0.4) is 0 Å². The van der Waals surface area contributed by atoms with E-state index in [1.807, 2.05) is 6.07 Å². The third-order valence-electron chi connectivity index (χ3n) is 4.86. The molecule has 2 aromatic heterocycles. The average molecular weight is 366 g/mol. The Morgan fingerprint density at radius 1 is 1.23 bits per heavy atom. The molecule has 26 heavy (non-hydrogen) atoms. The number of hydrogen-bond acceptors (Lipinski definition) is 4. The van der Waals surface area contributed by atoms with Crippen LogP contribution < -0.4 is 5.56 Å². The summed E-state index contributed by atoms with van der Waals surface area (Å²) in [5.74, 6) is 1.02. The van der Waals surface area contributed by atoms with Crippen LogP contribution in [0.2, 0.25) is 0 Å². The van der Waals surface area contributed by atoms with E-state index in [1.165, 1.54) is 16.0 Å². The van der Waals surface area contributed by atoms with Gasteiger partial charge in [-0.3, -0.25) is 9.69 Å². The molecule has 0 aliphatic carbocycles. The number of fused-ring (bicyclic) bond motifs is 1. The molecule has 5 heteroatoms. The molecule has 1 N–H and O–H groups in total. The van der Waals surface area contributed by atoms with Gasteiger partial charge in [-0.05, 0) is 29.0 Å². The molecule has 1 aliphatic heterocycles. The Kier molecular flexibility index (Phi) is 4.74. The van der Waals surface area contributed by atoms with Crippen molar-refractivity contribution in [3.05, 3.63) is 74.1 Å². The van der Waals surface area contributed by atoms with E-state index in [-0.39, 0.29) is 11.5 Å². The number of benzene rings is 1. The smallest absolute Gasteiger partial charge is 0.254 e. The molecule has 0 fully saturated rings. The summed E-state index contributed by atoms with van der Waals surface area (Å²) in [6.07, 6.45) is 0.771. The number of nitrogens with zero attached hydrogens (tertiary/aromatic N) is 2. The van der Waals surface area contributed by atoms with Gasteiger partial charge in [-0.15, -0.1) is 11.3 Å². The van der Waals surface area contributed by atoms with Crippen molar-refractivity contribution in [1.29, 1.82) is 0 Å². The highest BCUT2D eigenvalue weighted by atomic mass is 32.1. The Morgan fingerprint density at radius 3 is 2.81 bits per heavy atom. The van der Waals surface area contributed by atoms with Gasteiger partial charge in [0.1, 0.15) is 5.82 Å². The summed E-state index contributed by atoms with van der Waals surface area (Å²) in [7, 11) is 0. The lowest BCUT2D eigenvalue weighted by Crippen LogP contribution is -2.35. The van der Waals surface area contributed by atoms with Gasteiger partial charge in [-0.1, -0.05) is 44.2 Å². The van der Waals surface area contributed by atoms with E-state index in [0.717, 1.165) is 43.1 Å². The van der Waals surface area contributed by atoms with Gasteiger partial charge in [0, 0.05) is 36.0 Å². The summed E-state index contributed by atoms with van der Waals surface area (Å²) in [6.45, 7) is 6.67. The van der Waals surface area contributed by atoms with Crippen molar-refractivity contribution in [3.8, 4) is 11.1 Å². The molecule has 1 aromatic carbocycles. The van der Waals surface area contributed by atoms with Gasteiger partial charge in [0.25, 0.3) is 5.56 Å². The van der Waals surface area contributed by atoms with Crippen LogP contribution in [0.4, 0.5) is 0 Å². The minimum atomic E-state index is 0.0424. The molecule has 0 radical (unpaired) electrons. The fraction of sp³-hybridized carbons (Fsp3) is 0.333. The lowest BCUT2D eigenvalue weighted by molar-refractivity contribution is 0.242. The Morgan fingerprint density at radius 2 is 2.04 bits per heavy atom. The quantitative estimate of drug-likeness (QED) is 0.754. The first-order valence-corrected chi connectivity index (χ1v) is 9.95. The molecule has 0 saturated carbocycles. The molecule has 0 unspecified atom stereocenters. The van der Waals surface area contributed by atoms with Gasteiger partial charge in [0.15, 0.2) is 0 Å². The second-order valence-corrected chi connectivity index (χ2v) is 8.16. The van der Waals surface area contributed by atoms with E-state index in [0.29, 0.717) is 0 Å². The van der Waals surface area contributed by atoms with Gasteiger partial charge in [0.2, 0.25) is 0 Å². The Balaban J connectivity index is 1.51. The SMILES string of the molecule is CC(C)c1nc2c(c(=O)[nH]1)CCN(Cc1cc(-c3ccccc3)cs1)C2. The number of hydrogen-bond donors (Lipinski definition) is 1. The van der Waals surface area contributed by atoms with Crippen LogP contribution in [0.15, 0.2) is 46.6 Å². The molecular weight excluding hydrogens is 342 g/mol. The van der Waals surface area contributed by atoms with Gasteiger partial charge < -0.3 is 4.98 Å². The third-order valence-corrected chi connectivity index (χ3v) is 5.78. The lowest BCUT2D eigenvalue weighted by atomic mass is 10.1. The third kappa shape index (κ3) is 3.50. The number of rotatable bonds is 4. The molecule has 0 amide bonds. The normalized spacial score (nSPS) is 14.6. The molecule has 4 rings (SSSR count). The molecular formula is C21H23N3OS. The van der Waals surface area contributed by atoms with Crippen molar-refractivity contribution in [1.82, 2.24) is 14.9 Å². The number of thiophene rings is 1. The van der Waals surface area contributed by atoms with Crippen LogP contribution in [0.25, 0.3) is 11.1 Å². The molecule has 3 aromatic rings. The first-order chi connectivity index (χ1) is 12.6. The summed E-state index contributed by atoms with van der Waals surface area (Å²) < 4.78 is 0. The minimum absolute atomic E-state index is 0.0424. The standard InChI is InChI=1S/C21H23N3OS/c1-14(2)20-22-19-12-24(9-8-18(19)21(25)23-20)11-17-10-16(13-26-17)15-6-4-3-5-7-15/h3-7,10,13-14H,8-9,11-12H2,1-2H3,(H,22,23,25). The van der Waals surface area contributed by atoms with Crippen molar-refractivity contribution in [3.63, 3.8) is 0 Å². The second kappa shape index (κ2) is 7.17. The van der Waals surface area contributed by atoms with E-state index in [4.69, 9.17) is 4.98 Å². The number of H-pyrrole nitrogens is 1. The van der Waals surface area contributed by atoms with Crippen molar-refractivity contribution in [2.24, 2.45) is 0 Å². The summed E-state index contributed by atoms with van der Waals surface area (Å²) in [6, 6.07) is 12.8. The lowest BCUT2D eigenvalue weighted by Gasteiger charge is -2.27. The molecule has 1 aliphatic rings. The second-order valence-electron chi connectivity index (χ2n) is 7.16. The maximum atomic E-state index is 12.3. The molecule has 0 spiro atoms. The minimum Gasteiger partial charge on any atom is -0.310 e. The highest BCUT2D eigenvalue weighted by Gasteiger charge is 2.22. The summed E-state index contributed by atoms with van der Waals surface area (Å²) in [5, 5.41) is 2.22. The largest absolute Gasteiger partial charge is 0.310 e. The molecule has 0 saturated heterocycles. The number of aromatic amines is 1. The Hall–Kier alpha value is -2.24. The maximum absolute atomic E-state index is 12.3. The predicted molar refractivity (Wildman–Crippen MR) is 107 cm³/mol. The van der Waals surface area contributed by atoms with Crippen molar-refractivity contribution in [2.75, 3.05) is 6.54 Å². The van der Waals surface area contributed by atoms with Crippen LogP contribution in [0.5, 0.6) is 0 Å². The van der Waals surface area contributed by atoms with Gasteiger partial charge in [0.05, 0.1) is 5.69 Å². The Bertz CT molecular complexity index is 959. The van der Waals surface area contributed by atoms with Crippen molar-refractivity contribution >= 4 is 11.3 Å². The average Bonchev–Trinajstić information content (AvgIpc) is 3.10. The molecule has 134 valence electrons. The first-order valence-electron chi connectivity index (χ1n) is 9.07. The van der Waals surface area contributed by atoms with E-state index in [9.17, 15) is 4.79 Å². The first kappa shape index (κ1) is 17.2. The molecule has 4 nitrogen and oxygen atoms in total. The van der Waals surface area contributed by atoms with Gasteiger partial charge in [-0.25, -0.2) is 4.98 Å². The summed E-state index contributed by atoms with van der Waals surface area (Å²) in [5.41, 5.74) is 4.39. The van der Waals surface area contributed by atoms with Crippen LogP contribution in [0.1, 0.15) is 41.7 Å². The van der Waals surface area contributed by atoms with Gasteiger partial charge >= 0.3 is 0 Å². The maximum Gasteiger partial charge on any atom is 0.254 e. The highest BCUT2D eigenvalue weighted by Crippen LogP contribution is 2.27. The zero-order chi connectivity index (χ0) is 18.1. The monoisotopic (exact) mass is 365 g/mol. The van der Waals surface area contributed by atoms with E-state index in [2.05, 4.69) is 59.4 Å². The predicted octanol–water partition coefficient (Wildman–Crippen LogP) is 4.18. The van der Waals surface area contributed by atoms with Gasteiger partial charge in [-0.2, -0.15) is 0 Å². The fourth-order valence-electron chi connectivity index (χ4n) is 3.39. The van der Waals surface area contributed by atoms with Crippen LogP contribution >= 0.6 is 11.3 Å². The zero-order valence-corrected chi connectivity index (χ0v) is 16.0. The fourth-order valence-corrected chi connectivity index (χ4v) is 4.32. The van der Waals surface area contributed by atoms with Crippen molar-refractivity contribution < 1.29 is 0 Å². The van der Waals surface area contributed by atoms with E-state index >= 15 is 0 Å². The topological polar surface area (TPSA) is 49.0 Å². The van der Waals surface area contributed by atoms with Crippen molar-refractivity contribution in [2.45, 2.75) is 39.3 Å². The molecule has 3 heterocycles. The summed E-state index contributed by atoms with van der Waals surface area (Å²) in [4.78, 5) is 23.7. The van der Waals surface area contributed by atoms with E-state index in [1.54, 1.807) is 11.3 Å². The highest BCUT2D eigenvalue weighted by molar-refractivity contribution is 7.10. The summed E-state index contributed by atoms with van der Waals surface area (Å²) >= 11 is 1.80. The van der Waals surface area contributed by atoms with E-state index < -0.39 is 0 Å². The zero-order valence-electron chi connectivity index (χ0n) is 15.2.